The Labute approximate surface area is 169 Å². The molecule has 0 bridgehead atoms. The Kier molecular flexibility index (Phi) is 5.66. The number of rotatable bonds is 4. The number of sulfonamides is 1. The van der Waals surface area contributed by atoms with Gasteiger partial charge in [-0.25, -0.2) is 8.42 Å². The SMILES string of the molecule is C[C@@H]1CCCC[C@H]1NC(=O)[C@@H]1CCCN(S(=O)(=O)c2cccc3nsnc23)C1. The van der Waals surface area contributed by atoms with E-state index in [9.17, 15) is 13.2 Å². The molecule has 0 radical (unpaired) electrons. The fourth-order valence-corrected chi connectivity index (χ4v) is 6.61. The molecule has 1 aromatic carbocycles. The summed E-state index contributed by atoms with van der Waals surface area (Å²) in [6.07, 6.45) is 5.93. The number of benzene rings is 1. The molecule has 1 aliphatic heterocycles. The van der Waals surface area contributed by atoms with Crippen molar-refractivity contribution in [2.75, 3.05) is 13.1 Å². The summed E-state index contributed by atoms with van der Waals surface area (Å²) in [5, 5.41) is 3.19. The molecule has 1 aliphatic carbocycles. The van der Waals surface area contributed by atoms with Crippen LogP contribution in [0, 0.1) is 11.8 Å². The van der Waals surface area contributed by atoms with Crippen LogP contribution >= 0.6 is 11.7 Å². The first-order chi connectivity index (χ1) is 13.5. The molecule has 28 heavy (non-hydrogen) atoms. The van der Waals surface area contributed by atoms with Crippen molar-refractivity contribution < 1.29 is 13.2 Å². The molecule has 9 heteroatoms. The van der Waals surface area contributed by atoms with Gasteiger partial charge in [0.25, 0.3) is 0 Å². The van der Waals surface area contributed by atoms with Crippen molar-refractivity contribution in [3.63, 3.8) is 0 Å². The maximum absolute atomic E-state index is 13.2. The van der Waals surface area contributed by atoms with Gasteiger partial charge in [-0.15, -0.1) is 0 Å². The molecule has 1 N–H and O–H groups in total. The largest absolute Gasteiger partial charge is 0.353 e. The van der Waals surface area contributed by atoms with Crippen LogP contribution in [0.3, 0.4) is 0 Å². The molecule has 1 aromatic heterocycles. The molecule has 0 unspecified atom stereocenters. The molecular weight excluding hydrogens is 396 g/mol. The molecule has 3 atom stereocenters. The number of carbonyl (C=O) groups is 1. The molecule has 1 amide bonds. The second kappa shape index (κ2) is 8.04. The standard InChI is InChI=1S/C19H26N4O3S2/c1-13-6-2-3-8-15(13)20-19(24)14-7-5-11-23(12-14)28(25,26)17-10-4-9-16-18(17)22-27-21-16/h4,9-10,13-15H,2-3,5-8,11-12H2,1H3,(H,20,24)/t13-,14-,15-/m1/s1. The topological polar surface area (TPSA) is 92.3 Å². The number of aromatic nitrogens is 2. The fraction of sp³-hybridized carbons (Fsp3) is 0.632. The van der Waals surface area contributed by atoms with Crippen LogP contribution in [0.1, 0.15) is 45.4 Å². The van der Waals surface area contributed by atoms with Crippen molar-refractivity contribution in [3.05, 3.63) is 18.2 Å². The first kappa shape index (κ1) is 19.7. The number of hydrogen-bond donors (Lipinski definition) is 1. The number of carbonyl (C=O) groups excluding carboxylic acids is 1. The maximum atomic E-state index is 13.2. The highest BCUT2D eigenvalue weighted by molar-refractivity contribution is 7.89. The van der Waals surface area contributed by atoms with E-state index in [-0.39, 0.29) is 29.3 Å². The van der Waals surface area contributed by atoms with E-state index in [0.29, 0.717) is 29.9 Å². The van der Waals surface area contributed by atoms with Crippen LogP contribution in [0.25, 0.3) is 11.0 Å². The quantitative estimate of drug-likeness (QED) is 0.818. The van der Waals surface area contributed by atoms with Crippen LogP contribution < -0.4 is 5.32 Å². The third-order valence-corrected chi connectivity index (χ3v) is 8.50. The number of nitrogens with zero attached hydrogens (tertiary/aromatic N) is 3. The number of nitrogens with one attached hydrogen (secondary N) is 1. The molecule has 1 saturated carbocycles. The van der Waals surface area contributed by atoms with E-state index in [1.54, 1.807) is 18.2 Å². The van der Waals surface area contributed by atoms with Crippen LogP contribution in [0.15, 0.2) is 23.1 Å². The number of amides is 1. The van der Waals surface area contributed by atoms with E-state index < -0.39 is 10.0 Å². The average molecular weight is 423 g/mol. The van der Waals surface area contributed by atoms with Gasteiger partial charge >= 0.3 is 0 Å². The molecule has 2 fully saturated rings. The van der Waals surface area contributed by atoms with Gasteiger partial charge in [-0.1, -0.05) is 25.8 Å². The van der Waals surface area contributed by atoms with Gasteiger partial charge in [0.15, 0.2) is 0 Å². The molecule has 1 saturated heterocycles. The van der Waals surface area contributed by atoms with Crippen molar-refractivity contribution in [1.29, 1.82) is 0 Å². The average Bonchev–Trinajstić information content (AvgIpc) is 3.18. The Morgan fingerprint density at radius 1 is 1.18 bits per heavy atom. The van der Waals surface area contributed by atoms with Gasteiger partial charge < -0.3 is 5.32 Å². The summed E-state index contributed by atoms with van der Waals surface area (Å²) in [5.74, 6) is 0.175. The summed E-state index contributed by atoms with van der Waals surface area (Å²) < 4.78 is 36.2. The first-order valence-electron chi connectivity index (χ1n) is 9.98. The predicted molar refractivity (Wildman–Crippen MR) is 108 cm³/mol. The Morgan fingerprint density at radius 3 is 2.82 bits per heavy atom. The van der Waals surface area contributed by atoms with E-state index in [1.807, 2.05) is 0 Å². The lowest BCUT2D eigenvalue weighted by Crippen LogP contribution is -2.49. The Morgan fingerprint density at radius 2 is 2.00 bits per heavy atom. The van der Waals surface area contributed by atoms with E-state index in [4.69, 9.17) is 0 Å². The predicted octanol–water partition coefficient (Wildman–Crippen LogP) is 2.79. The van der Waals surface area contributed by atoms with Crippen molar-refractivity contribution >= 4 is 38.7 Å². The van der Waals surface area contributed by atoms with E-state index >= 15 is 0 Å². The number of hydrogen-bond acceptors (Lipinski definition) is 6. The maximum Gasteiger partial charge on any atom is 0.245 e. The molecule has 152 valence electrons. The van der Waals surface area contributed by atoms with E-state index in [2.05, 4.69) is 21.0 Å². The van der Waals surface area contributed by atoms with E-state index in [0.717, 1.165) is 37.4 Å². The summed E-state index contributed by atoms with van der Waals surface area (Å²) in [7, 11) is -3.71. The highest BCUT2D eigenvalue weighted by atomic mass is 32.2. The normalized spacial score (nSPS) is 27.0. The van der Waals surface area contributed by atoms with Gasteiger partial charge in [0, 0.05) is 19.1 Å². The summed E-state index contributed by atoms with van der Waals surface area (Å²) in [6, 6.07) is 5.24. The van der Waals surface area contributed by atoms with Crippen molar-refractivity contribution in [1.82, 2.24) is 18.4 Å². The van der Waals surface area contributed by atoms with Crippen molar-refractivity contribution in [2.24, 2.45) is 11.8 Å². The third-order valence-electron chi connectivity index (χ3n) is 6.06. The summed E-state index contributed by atoms with van der Waals surface area (Å²) in [6.45, 7) is 2.84. The minimum absolute atomic E-state index is 0.00724. The van der Waals surface area contributed by atoms with Crippen LogP contribution in [0.5, 0.6) is 0 Å². The van der Waals surface area contributed by atoms with Crippen LogP contribution in [0.2, 0.25) is 0 Å². The van der Waals surface area contributed by atoms with Gasteiger partial charge in [-0.2, -0.15) is 13.1 Å². The zero-order valence-electron chi connectivity index (χ0n) is 16.0. The third kappa shape index (κ3) is 3.79. The van der Waals surface area contributed by atoms with Crippen LogP contribution in [0.4, 0.5) is 0 Å². The summed E-state index contributed by atoms with van der Waals surface area (Å²) in [5.41, 5.74) is 0.999. The highest BCUT2D eigenvalue weighted by Gasteiger charge is 2.35. The van der Waals surface area contributed by atoms with Gasteiger partial charge in [0.1, 0.15) is 15.9 Å². The van der Waals surface area contributed by atoms with Gasteiger partial charge in [-0.3, -0.25) is 4.79 Å². The van der Waals surface area contributed by atoms with Crippen LogP contribution in [-0.2, 0) is 14.8 Å². The zero-order chi connectivity index (χ0) is 19.7. The summed E-state index contributed by atoms with van der Waals surface area (Å²) in [4.78, 5) is 13.0. The molecule has 2 aromatic rings. The second-order valence-corrected chi connectivity index (χ2v) is 10.4. The monoisotopic (exact) mass is 422 g/mol. The lowest BCUT2D eigenvalue weighted by Gasteiger charge is -2.34. The van der Waals surface area contributed by atoms with E-state index in [1.165, 1.54) is 10.7 Å². The Hall–Kier alpha value is -1.58. The molecule has 7 nitrogen and oxygen atoms in total. The smallest absolute Gasteiger partial charge is 0.245 e. The van der Waals surface area contributed by atoms with Crippen LogP contribution in [-0.4, -0.2) is 46.5 Å². The lowest BCUT2D eigenvalue weighted by molar-refractivity contribution is -0.127. The fourth-order valence-electron chi connectivity index (χ4n) is 4.33. The zero-order valence-corrected chi connectivity index (χ0v) is 17.6. The molecule has 2 aliphatic rings. The van der Waals surface area contributed by atoms with Gasteiger partial charge in [0.05, 0.1) is 17.6 Å². The Bertz CT molecular complexity index is 959. The molecular formula is C19H26N4O3S2. The van der Waals surface area contributed by atoms with Gasteiger partial charge in [0.2, 0.25) is 15.9 Å². The molecule has 4 rings (SSSR count). The summed E-state index contributed by atoms with van der Waals surface area (Å²) >= 11 is 1.01. The van der Waals surface area contributed by atoms with Gasteiger partial charge in [-0.05, 0) is 43.7 Å². The molecule has 2 heterocycles. The lowest BCUT2D eigenvalue weighted by atomic mass is 9.85. The van der Waals surface area contributed by atoms with Crippen molar-refractivity contribution in [2.45, 2.75) is 56.4 Å². The minimum Gasteiger partial charge on any atom is -0.353 e. The number of fused-ring (bicyclic) bond motifs is 1. The minimum atomic E-state index is -3.71. The first-order valence-corrected chi connectivity index (χ1v) is 12.2. The Balaban J connectivity index is 1.50. The second-order valence-electron chi connectivity index (χ2n) is 7.97. The highest BCUT2D eigenvalue weighted by Crippen LogP contribution is 2.29. The molecule has 0 spiro atoms. The number of piperidine rings is 1. The van der Waals surface area contributed by atoms with Crippen molar-refractivity contribution in [3.8, 4) is 0 Å².